The Morgan fingerprint density at radius 2 is 1.79 bits per heavy atom. The first-order chi connectivity index (χ1) is 13.9. The van der Waals surface area contributed by atoms with E-state index < -0.39 is 16.0 Å². The van der Waals surface area contributed by atoms with Gasteiger partial charge in [0.25, 0.3) is 0 Å². The number of methoxy groups -OCH3 is 1. The van der Waals surface area contributed by atoms with Crippen LogP contribution in [0.25, 0.3) is 6.08 Å². The van der Waals surface area contributed by atoms with Crippen LogP contribution in [0.2, 0.25) is 5.02 Å². The molecule has 154 valence electrons. The first kappa shape index (κ1) is 21.5. The maximum Gasteiger partial charge on any atom is 0.339 e. The van der Waals surface area contributed by atoms with Crippen molar-refractivity contribution in [3.8, 4) is 0 Å². The molecule has 0 unspecified atom stereocenters. The summed E-state index contributed by atoms with van der Waals surface area (Å²) in [5.41, 5.74) is 1.18. The molecule has 1 aliphatic rings. The molecule has 0 aliphatic carbocycles. The van der Waals surface area contributed by atoms with Crippen LogP contribution in [0.4, 0.5) is 0 Å². The summed E-state index contributed by atoms with van der Waals surface area (Å²) in [6.07, 6.45) is 4.15. The molecule has 0 aromatic heterocycles. The van der Waals surface area contributed by atoms with Crippen molar-refractivity contribution in [2.45, 2.75) is 4.90 Å². The Morgan fingerprint density at radius 1 is 1.10 bits per heavy atom. The molecule has 6 nitrogen and oxygen atoms in total. The number of carbonyl (C=O) groups excluding carboxylic acids is 1. The summed E-state index contributed by atoms with van der Waals surface area (Å²) in [5, 5.41) is 0.158. The van der Waals surface area contributed by atoms with Gasteiger partial charge in [-0.2, -0.15) is 4.31 Å². The SMILES string of the molecule is COC(=O)c1cc(S(=O)(=O)N2CCN(C/C=C/c3ccccc3)CC2)ccc1Cl. The fourth-order valence-electron chi connectivity index (χ4n) is 3.13. The summed E-state index contributed by atoms with van der Waals surface area (Å²) in [6.45, 7) is 2.80. The van der Waals surface area contributed by atoms with Crippen molar-refractivity contribution in [2.24, 2.45) is 0 Å². The van der Waals surface area contributed by atoms with Gasteiger partial charge in [0.05, 0.1) is 22.6 Å². The van der Waals surface area contributed by atoms with E-state index in [9.17, 15) is 13.2 Å². The predicted octanol–water partition coefficient (Wildman–Crippen LogP) is 3.15. The minimum absolute atomic E-state index is 0.0414. The third kappa shape index (κ3) is 5.25. The fraction of sp³-hybridized carbons (Fsp3) is 0.286. The number of esters is 1. The maximum absolute atomic E-state index is 13.0. The summed E-state index contributed by atoms with van der Waals surface area (Å²) >= 11 is 6.00. The van der Waals surface area contributed by atoms with Crippen molar-refractivity contribution >= 4 is 33.7 Å². The van der Waals surface area contributed by atoms with E-state index in [-0.39, 0.29) is 15.5 Å². The van der Waals surface area contributed by atoms with Crippen molar-refractivity contribution < 1.29 is 17.9 Å². The first-order valence-electron chi connectivity index (χ1n) is 9.24. The number of sulfonamides is 1. The fourth-order valence-corrected chi connectivity index (χ4v) is 4.78. The average molecular weight is 435 g/mol. The minimum atomic E-state index is -3.71. The summed E-state index contributed by atoms with van der Waals surface area (Å²) in [5.74, 6) is -0.665. The lowest BCUT2D eigenvalue weighted by Crippen LogP contribution is -2.48. The Kier molecular flexibility index (Phi) is 7.08. The van der Waals surface area contributed by atoms with E-state index in [4.69, 9.17) is 11.6 Å². The number of ether oxygens (including phenoxy) is 1. The lowest BCUT2D eigenvalue weighted by atomic mass is 10.2. The van der Waals surface area contributed by atoms with Gasteiger partial charge in [0.1, 0.15) is 0 Å². The van der Waals surface area contributed by atoms with E-state index in [1.54, 1.807) is 0 Å². The number of rotatable bonds is 6. The normalized spacial score (nSPS) is 16.2. The molecular weight excluding hydrogens is 412 g/mol. The lowest BCUT2D eigenvalue weighted by molar-refractivity contribution is 0.0600. The number of hydrogen-bond donors (Lipinski definition) is 0. The molecule has 0 spiro atoms. The second-order valence-electron chi connectivity index (χ2n) is 6.65. The van der Waals surface area contributed by atoms with Gasteiger partial charge in [0, 0.05) is 32.7 Å². The number of benzene rings is 2. The van der Waals surface area contributed by atoms with E-state index in [1.165, 1.54) is 29.6 Å². The Bertz CT molecular complexity index is 985. The van der Waals surface area contributed by atoms with Crippen molar-refractivity contribution in [1.29, 1.82) is 0 Å². The van der Waals surface area contributed by atoms with Crippen LogP contribution in [0.15, 0.2) is 59.5 Å². The Hall–Kier alpha value is -2.19. The molecule has 0 saturated carbocycles. The van der Waals surface area contributed by atoms with E-state index in [0.717, 1.165) is 12.1 Å². The quantitative estimate of drug-likeness (QED) is 0.653. The third-order valence-corrected chi connectivity index (χ3v) is 7.01. The predicted molar refractivity (Wildman–Crippen MR) is 113 cm³/mol. The van der Waals surface area contributed by atoms with Crippen LogP contribution in [-0.2, 0) is 14.8 Å². The van der Waals surface area contributed by atoms with Crippen molar-refractivity contribution in [3.63, 3.8) is 0 Å². The zero-order valence-electron chi connectivity index (χ0n) is 16.1. The molecule has 1 fully saturated rings. The van der Waals surface area contributed by atoms with Crippen LogP contribution < -0.4 is 0 Å². The highest BCUT2D eigenvalue weighted by Crippen LogP contribution is 2.24. The molecule has 0 amide bonds. The molecule has 0 bridgehead atoms. The number of hydrogen-bond acceptors (Lipinski definition) is 5. The smallest absolute Gasteiger partial charge is 0.339 e. The molecular formula is C21H23ClN2O4S. The Morgan fingerprint density at radius 3 is 2.45 bits per heavy atom. The highest BCUT2D eigenvalue weighted by atomic mass is 35.5. The van der Waals surface area contributed by atoms with Gasteiger partial charge >= 0.3 is 5.97 Å². The van der Waals surface area contributed by atoms with E-state index >= 15 is 0 Å². The number of halogens is 1. The molecule has 0 atom stereocenters. The topological polar surface area (TPSA) is 66.9 Å². The second kappa shape index (κ2) is 9.54. The van der Waals surface area contributed by atoms with Gasteiger partial charge in [-0.25, -0.2) is 13.2 Å². The van der Waals surface area contributed by atoms with E-state index in [0.29, 0.717) is 26.2 Å². The van der Waals surface area contributed by atoms with Gasteiger partial charge in [-0.15, -0.1) is 0 Å². The summed E-state index contributed by atoms with van der Waals surface area (Å²) in [6, 6.07) is 14.1. The zero-order chi connectivity index (χ0) is 20.9. The van der Waals surface area contributed by atoms with E-state index in [1.807, 2.05) is 30.3 Å². The second-order valence-corrected chi connectivity index (χ2v) is 9.00. The van der Waals surface area contributed by atoms with Crippen LogP contribution in [0.3, 0.4) is 0 Å². The van der Waals surface area contributed by atoms with Crippen molar-refractivity contribution in [1.82, 2.24) is 9.21 Å². The molecule has 1 saturated heterocycles. The van der Waals surface area contributed by atoms with Gasteiger partial charge in [-0.3, -0.25) is 4.90 Å². The van der Waals surface area contributed by atoms with Gasteiger partial charge in [-0.1, -0.05) is 54.1 Å². The molecule has 1 heterocycles. The van der Waals surface area contributed by atoms with Crippen LogP contribution in [0.1, 0.15) is 15.9 Å². The summed E-state index contributed by atoms with van der Waals surface area (Å²) < 4.78 is 32.0. The summed E-state index contributed by atoms with van der Waals surface area (Å²) in [7, 11) is -2.48. The number of carbonyl (C=O) groups is 1. The van der Waals surface area contributed by atoms with E-state index in [2.05, 4.69) is 21.8 Å². The lowest BCUT2D eigenvalue weighted by Gasteiger charge is -2.33. The molecule has 29 heavy (non-hydrogen) atoms. The molecule has 8 heteroatoms. The Labute approximate surface area is 176 Å². The molecule has 2 aromatic rings. The monoisotopic (exact) mass is 434 g/mol. The van der Waals surface area contributed by atoms with Gasteiger partial charge < -0.3 is 4.74 Å². The van der Waals surface area contributed by atoms with Crippen LogP contribution in [0.5, 0.6) is 0 Å². The van der Waals surface area contributed by atoms with Crippen molar-refractivity contribution in [3.05, 3.63) is 70.8 Å². The molecule has 0 radical (unpaired) electrons. The van der Waals surface area contributed by atoms with Crippen LogP contribution in [0, 0.1) is 0 Å². The van der Waals surface area contributed by atoms with Gasteiger partial charge in [-0.05, 0) is 23.8 Å². The molecule has 1 aliphatic heterocycles. The maximum atomic E-state index is 13.0. The minimum Gasteiger partial charge on any atom is -0.465 e. The highest BCUT2D eigenvalue weighted by molar-refractivity contribution is 7.89. The highest BCUT2D eigenvalue weighted by Gasteiger charge is 2.29. The van der Waals surface area contributed by atoms with Crippen molar-refractivity contribution in [2.75, 3.05) is 39.8 Å². The first-order valence-corrected chi connectivity index (χ1v) is 11.1. The van der Waals surface area contributed by atoms with Crippen LogP contribution >= 0.6 is 11.6 Å². The third-order valence-electron chi connectivity index (χ3n) is 4.79. The molecule has 0 N–H and O–H groups in total. The number of nitrogens with zero attached hydrogens (tertiary/aromatic N) is 2. The standard InChI is InChI=1S/C21H23ClN2O4S/c1-28-21(25)19-16-18(9-10-20(19)22)29(26,27)24-14-12-23(13-15-24)11-5-8-17-6-3-2-4-7-17/h2-10,16H,11-15H2,1H3/b8-5+. The summed E-state index contributed by atoms with van der Waals surface area (Å²) in [4.78, 5) is 14.1. The average Bonchev–Trinajstić information content (AvgIpc) is 2.74. The van der Waals surface area contributed by atoms with Gasteiger partial charge in [0.2, 0.25) is 10.0 Å². The zero-order valence-corrected chi connectivity index (χ0v) is 17.7. The largest absolute Gasteiger partial charge is 0.465 e. The molecule has 3 rings (SSSR count). The Balaban J connectivity index is 1.62. The molecule has 2 aromatic carbocycles. The van der Waals surface area contributed by atoms with Crippen LogP contribution in [-0.4, -0.2) is 63.4 Å². The van der Waals surface area contributed by atoms with Gasteiger partial charge in [0.15, 0.2) is 0 Å². The number of piperazine rings is 1.